The third-order valence-corrected chi connectivity index (χ3v) is 4.42. The summed E-state index contributed by atoms with van der Waals surface area (Å²) in [6.07, 6.45) is 5.72. The van der Waals surface area contributed by atoms with Gasteiger partial charge in [-0.15, -0.1) is 0 Å². The number of nitrogen functional groups attached to an aromatic ring is 1. The van der Waals surface area contributed by atoms with Crippen LogP contribution in [0.5, 0.6) is 0 Å². The molecule has 0 aromatic carbocycles. The van der Waals surface area contributed by atoms with Crippen molar-refractivity contribution >= 4 is 23.3 Å². The molecule has 4 heteroatoms. The minimum Gasteiger partial charge on any atom is -0.397 e. The maximum absolute atomic E-state index is 5.69. The van der Waals surface area contributed by atoms with E-state index in [0.717, 1.165) is 17.5 Å². The van der Waals surface area contributed by atoms with Gasteiger partial charge in [-0.25, -0.2) is 4.98 Å². The van der Waals surface area contributed by atoms with Crippen molar-refractivity contribution in [2.75, 3.05) is 22.1 Å². The van der Waals surface area contributed by atoms with Crippen LogP contribution in [0.15, 0.2) is 18.3 Å². The molecule has 2 fully saturated rings. The van der Waals surface area contributed by atoms with Crippen molar-refractivity contribution in [2.45, 2.75) is 31.3 Å². The number of hydrogen-bond donors (Lipinski definition) is 1. The summed E-state index contributed by atoms with van der Waals surface area (Å²) in [7, 11) is 0. The molecular formula is C12H17N3S. The van der Waals surface area contributed by atoms with E-state index in [2.05, 4.69) is 27.7 Å². The van der Waals surface area contributed by atoms with Gasteiger partial charge in [0.1, 0.15) is 5.82 Å². The lowest BCUT2D eigenvalue weighted by Gasteiger charge is -2.29. The summed E-state index contributed by atoms with van der Waals surface area (Å²) in [5, 5.41) is 0. The van der Waals surface area contributed by atoms with Crippen LogP contribution in [0.2, 0.25) is 0 Å². The Balaban J connectivity index is 1.84. The zero-order chi connectivity index (χ0) is 11.0. The number of nitrogens with zero attached hydrogens (tertiary/aromatic N) is 2. The van der Waals surface area contributed by atoms with E-state index in [4.69, 9.17) is 5.73 Å². The molecule has 1 aliphatic carbocycles. The first-order chi connectivity index (χ1) is 7.84. The number of anilines is 2. The van der Waals surface area contributed by atoms with Crippen LogP contribution in [0.25, 0.3) is 0 Å². The molecule has 1 aromatic rings. The van der Waals surface area contributed by atoms with Crippen molar-refractivity contribution in [1.29, 1.82) is 0 Å². The van der Waals surface area contributed by atoms with Crippen molar-refractivity contribution in [2.24, 2.45) is 0 Å². The lowest BCUT2D eigenvalue weighted by Crippen LogP contribution is -2.37. The fraction of sp³-hybridized carbons (Fsp3) is 0.583. The molecule has 0 spiro atoms. The van der Waals surface area contributed by atoms with Crippen molar-refractivity contribution < 1.29 is 0 Å². The molecule has 1 aromatic heterocycles. The van der Waals surface area contributed by atoms with Crippen LogP contribution in [0.4, 0.5) is 11.5 Å². The van der Waals surface area contributed by atoms with E-state index in [-0.39, 0.29) is 0 Å². The third kappa shape index (κ3) is 1.98. The van der Waals surface area contributed by atoms with Crippen LogP contribution in [-0.4, -0.2) is 28.6 Å². The minimum absolute atomic E-state index is 0.689. The molecule has 3 nitrogen and oxygen atoms in total. The number of rotatable bonds is 3. The van der Waals surface area contributed by atoms with Crippen molar-refractivity contribution in [3.05, 3.63) is 18.3 Å². The van der Waals surface area contributed by atoms with Crippen LogP contribution >= 0.6 is 11.8 Å². The average Bonchev–Trinajstić information content (AvgIpc) is 2.97. The van der Waals surface area contributed by atoms with E-state index in [9.17, 15) is 0 Å². The molecule has 0 radical (unpaired) electrons. The van der Waals surface area contributed by atoms with E-state index in [1.54, 1.807) is 6.20 Å². The first-order valence-corrected chi connectivity index (χ1v) is 7.07. The largest absolute Gasteiger partial charge is 0.397 e. The van der Waals surface area contributed by atoms with Crippen molar-refractivity contribution in [3.63, 3.8) is 0 Å². The van der Waals surface area contributed by atoms with Gasteiger partial charge < -0.3 is 10.6 Å². The maximum atomic E-state index is 5.69. The van der Waals surface area contributed by atoms with E-state index >= 15 is 0 Å². The predicted molar refractivity (Wildman–Crippen MR) is 69.9 cm³/mol. The SMILES string of the molecule is Nc1ccc(N(C2CC2)C2CCSC2)nc1. The summed E-state index contributed by atoms with van der Waals surface area (Å²) in [4.78, 5) is 7.00. The highest BCUT2D eigenvalue weighted by Crippen LogP contribution is 2.36. The van der Waals surface area contributed by atoms with Crippen molar-refractivity contribution in [1.82, 2.24) is 4.98 Å². The van der Waals surface area contributed by atoms with Crippen LogP contribution < -0.4 is 10.6 Å². The van der Waals surface area contributed by atoms with Crippen LogP contribution in [0.3, 0.4) is 0 Å². The number of nitrogens with two attached hydrogens (primary N) is 1. The predicted octanol–water partition coefficient (Wildman–Crippen LogP) is 2.14. The number of aromatic nitrogens is 1. The van der Waals surface area contributed by atoms with Gasteiger partial charge in [0.05, 0.1) is 11.9 Å². The smallest absolute Gasteiger partial charge is 0.129 e. The summed E-state index contributed by atoms with van der Waals surface area (Å²) in [6, 6.07) is 5.45. The lowest BCUT2D eigenvalue weighted by atomic mass is 10.2. The van der Waals surface area contributed by atoms with Crippen LogP contribution in [-0.2, 0) is 0 Å². The molecule has 1 saturated heterocycles. The Bertz CT molecular complexity index is 355. The monoisotopic (exact) mass is 235 g/mol. The Hall–Kier alpha value is -0.900. The first kappa shape index (κ1) is 10.3. The number of hydrogen-bond acceptors (Lipinski definition) is 4. The molecule has 3 rings (SSSR count). The second kappa shape index (κ2) is 4.17. The molecule has 0 bridgehead atoms. The van der Waals surface area contributed by atoms with E-state index in [1.807, 2.05) is 6.07 Å². The zero-order valence-corrected chi connectivity index (χ0v) is 10.1. The standard InChI is InChI=1S/C12H17N3S/c13-9-1-4-12(14-7-9)15(10-2-3-10)11-5-6-16-8-11/h1,4,7,10-11H,2-3,5-6,8,13H2. The summed E-state index contributed by atoms with van der Waals surface area (Å²) in [6.45, 7) is 0. The first-order valence-electron chi connectivity index (χ1n) is 5.92. The van der Waals surface area contributed by atoms with Gasteiger partial charge >= 0.3 is 0 Å². The number of pyridine rings is 1. The quantitative estimate of drug-likeness (QED) is 0.871. The lowest BCUT2D eigenvalue weighted by molar-refractivity contribution is 0.632. The molecule has 2 heterocycles. The highest BCUT2D eigenvalue weighted by Gasteiger charge is 2.36. The van der Waals surface area contributed by atoms with E-state index < -0.39 is 0 Å². The van der Waals surface area contributed by atoms with E-state index in [0.29, 0.717) is 6.04 Å². The molecule has 16 heavy (non-hydrogen) atoms. The zero-order valence-electron chi connectivity index (χ0n) is 9.30. The highest BCUT2D eigenvalue weighted by molar-refractivity contribution is 7.99. The maximum Gasteiger partial charge on any atom is 0.129 e. The highest BCUT2D eigenvalue weighted by atomic mass is 32.2. The molecular weight excluding hydrogens is 218 g/mol. The van der Waals surface area contributed by atoms with Gasteiger partial charge in [0, 0.05) is 17.8 Å². The van der Waals surface area contributed by atoms with Gasteiger partial charge in [0.25, 0.3) is 0 Å². The molecule has 1 unspecified atom stereocenters. The molecule has 1 atom stereocenters. The van der Waals surface area contributed by atoms with Crippen LogP contribution in [0, 0.1) is 0 Å². The molecule has 1 aliphatic heterocycles. The minimum atomic E-state index is 0.689. The number of thioether (sulfide) groups is 1. The fourth-order valence-corrected chi connectivity index (χ4v) is 3.52. The van der Waals surface area contributed by atoms with Gasteiger partial charge in [0.2, 0.25) is 0 Å². The Morgan fingerprint density at radius 1 is 1.25 bits per heavy atom. The van der Waals surface area contributed by atoms with Gasteiger partial charge in [-0.2, -0.15) is 11.8 Å². The Kier molecular flexibility index (Phi) is 2.67. The Labute approximate surface area is 100 Å². The summed E-state index contributed by atoms with van der Waals surface area (Å²) < 4.78 is 0. The van der Waals surface area contributed by atoms with Gasteiger partial charge in [-0.05, 0) is 37.1 Å². The normalized spacial score (nSPS) is 24.6. The summed E-state index contributed by atoms with van der Waals surface area (Å²) in [5.41, 5.74) is 6.44. The van der Waals surface area contributed by atoms with Crippen molar-refractivity contribution in [3.8, 4) is 0 Å². The van der Waals surface area contributed by atoms with Gasteiger partial charge in [0.15, 0.2) is 0 Å². The second-order valence-electron chi connectivity index (χ2n) is 4.61. The summed E-state index contributed by atoms with van der Waals surface area (Å²) in [5.74, 6) is 3.66. The fourth-order valence-electron chi connectivity index (χ4n) is 2.32. The molecule has 86 valence electrons. The topological polar surface area (TPSA) is 42.1 Å². The average molecular weight is 235 g/mol. The molecule has 2 aliphatic rings. The second-order valence-corrected chi connectivity index (χ2v) is 5.76. The molecule has 2 N–H and O–H groups in total. The third-order valence-electron chi connectivity index (χ3n) is 3.27. The van der Waals surface area contributed by atoms with E-state index in [1.165, 1.54) is 30.8 Å². The van der Waals surface area contributed by atoms with Gasteiger partial charge in [-0.1, -0.05) is 0 Å². The van der Waals surface area contributed by atoms with Gasteiger partial charge in [-0.3, -0.25) is 0 Å². The van der Waals surface area contributed by atoms with Crippen LogP contribution in [0.1, 0.15) is 19.3 Å². The molecule has 0 amide bonds. The Morgan fingerprint density at radius 3 is 2.69 bits per heavy atom. The summed E-state index contributed by atoms with van der Waals surface area (Å²) >= 11 is 2.06. The molecule has 1 saturated carbocycles. The Morgan fingerprint density at radius 2 is 2.12 bits per heavy atom.